The van der Waals surface area contributed by atoms with Gasteiger partial charge in [0.25, 0.3) is 15.9 Å². The zero-order chi connectivity index (χ0) is 41.0. The van der Waals surface area contributed by atoms with Gasteiger partial charge in [-0.25, -0.2) is 27.1 Å². The maximum atomic E-state index is 14.5. The highest BCUT2D eigenvalue weighted by Gasteiger charge is 2.61. The molecule has 0 radical (unpaired) electrons. The first-order valence-corrected chi connectivity index (χ1v) is 21.3. The van der Waals surface area contributed by atoms with Crippen LogP contribution in [0, 0.1) is 11.7 Å². The van der Waals surface area contributed by atoms with E-state index in [2.05, 4.69) is 27.3 Å². The first kappa shape index (κ1) is 40.9. The van der Waals surface area contributed by atoms with Gasteiger partial charge in [0.1, 0.15) is 40.5 Å². The van der Waals surface area contributed by atoms with Crippen LogP contribution >= 0.6 is 0 Å². The molecule has 5 amide bonds. The average molecular weight is 825 g/mol. The predicted molar refractivity (Wildman–Crippen MR) is 206 cm³/mol. The van der Waals surface area contributed by atoms with Crippen LogP contribution in [-0.4, -0.2) is 104 Å². The summed E-state index contributed by atoms with van der Waals surface area (Å²) in [5.74, 6) is -3.53. The van der Waals surface area contributed by atoms with Gasteiger partial charge in [-0.1, -0.05) is 30.3 Å². The van der Waals surface area contributed by atoms with Crippen molar-refractivity contribution in [1.82, 2.24) is 25.2 Å². The maximum absolute atomic E-state index is 14.5. The van der Waals surface area contributed by atoms with Gasteiger partial charge < -0.3 is 35.1 Å². The smallest absolute Gasteiger partial charge is 0.410 e. The minimum atomic E-state index is -4.45. The molecule has 18 heteroatoms. The lowest BCUT2D eigenvalue weighted by Gasteiger charge is -2.30. The van der Waals surface area contributed by atoms with Gasteiger partial charge in [-0.15, -0.1) is 6.58 Å². The molecule has 3 heterocycles. The number of rotatable bonds is 4. The molecule has 4 N–H and O–H groups in total. The SMILES string of the molecule is C=C[C@@H]1C[C@@]12NC(=O)[C@@H]1C[C@@H](OC(=O)N3Cc4cccc(F)c4C3)CN1C(=O)[C@@H](NC(=O)OC1CCCC1)CCCOCCCNc1ccccc1S(=O)(=O)NC2=O. The Kier molecular flexibility index (Phi) is 12.2. The molecular weight excluding hydrogens is 776 g/mol. The first-order chi connectivity index (χ1) is 27.9. The minimum Gasteiger partial charge on any atom is -0.446 e. The van der Waals surface area contributed by atoms with E-state index in [-0.39, 0.29) is 62.2 Å². The number of alkyl carbamates (subject to hydrolysis) is 1. The van der Waals surface area contributed by atoms with E-state index >= 15 is 0 Å². The molecule has 3 aliphatic heterocycles. The Morgan fingerprint density at radius 3 is 2.50 bits per heavy atom. The van der Waals surface area contributed by atoms with E-state index in [4.69, 9.17) is 14.2 Å². The van der Waals surface area contributed by atoms with Crippen molar-refractivity contribution >= 4 is 45.6 Å². The quantitative estimate of drug-likeness (QED) is 0.329. The van der Waals surface area contributed by atoms with Crippen molar-refractivity contribution in [2.75, 3.05) is 31.6 Å². The maximum Gasteiger partial charge on any atom is 0.410 e. The minimum absolute atomic E-state index is 0.0265. The molecule has 2 aliphatic carbocycles. The molecule has 16 nitrogen and oxygen atoms in total. The summed E-state index contributed by atoms with van der Waals surface area (Å²) in [6, 6.07) is 8.23. The Balaban J connectivity index is 1.16. The van der Waals surface area contributed by atoms with Crippen LogP contribution in [0.5, 0.6) is 0 Å². The second-order valence-corrected chi connectivity index (χ2v) is 17.1. The first-order valence-electron chi connectivity index (χ1n) is 19.8. The summed E-state index contributed by atoms with van der Waals surface area (Å²) in [7, 11) is -4.45. The van der Waals surface area contributed by atoms with E-state index in [9.17, 15) is 36.8 Å². The van der Waals surface area contributed by atoms with Gasteiger partial charge in [0.2, 0.25) is 11.8 Å². The van der Waals surface area contributed by atoms with Crippen LogP contribution < -0.4 is 20.7 Å². The molecule has 58 heavy (non-hydrogen) atoms. The Labute approximate surface area is 336 Å². The lowest BCUT2D eigenvalue weighted by molar-refractivity contribution is -0.141. The van der Waals surface area contributed by atoms with Gasteiger partial charge in [0, 0.05) is 44.2 Å². The zero-order valence-corrected chi connectivity index (χ0v) is 32.9. The molecule has 0 aromatic heterocycles. The number of carbonyl (C=O) groups excluding carboxylic acids is 5. The largest absolute Gasteiger partial charge is 0.446 e. The van der Waals surface area contributed by atoms with Crippen LogP contribution in [0.15, 0.2) is 60.0 Å². The third-order valence-corrected chi connectivity index (χ3v) is 12.9. The van der Waals surface area contributed by atoms with Crippen molar-refractivity contribution in [2.24, 2.45) is 5.92 Å². The Morgan fingerprint density at radius 1 is 0.966 bits per heavy atom. The fraction of sp³-hybridized carbons (Fsp3) is 0.525. The van der Waals surface area contributed by atoms with Crippen LogP contribution in [0.3, 0.4) is 0 Å². The summed E-state index contributed by atoms with van der Waals surface area (Å²) in [6.45, 7) is 4.48. The van der Waals surface area contributed by atoms with Gasteiger partial charge in [-0.2, -0.15) is 0 Å². The number of fused-ring (bicyclic) bond motifs is 3. The second-order valence-electron chi connectivity index (χ2n) is 15.5. The van der Waals surface area contributed by atoms with Gasteiger partial charge in [0.15, 0.2) is 0 Å². The van der Waals surface area contributed by atoms with Gasteiger partial charge in [-0.05, 0) is 75.1 Å². The number of nitrogens with one attached hydrogen (secondary N) is 4. The van der Waals surface area contributed by atoms with Crippen LogP contribution in [0.1, 0.15) is 68.9 Å². The number of ether oxygens (including phenoxy) is 3. The summed E-state index contributed by atoms with van der Waals surface area (Å²) in [5.41, 5.74) is -0.443. The molecule has 1 saturated heterocycles. The Hall–Kier alpha value is -5.23. The van der Waals surface area contributed by atoms with Crippen molar-refractivity contribution in [1.29, 1.82) is 0 Å². The van der Waals surface area contributed by atoms with E-state index in [0.29, 0.717) is 50.0 Å². The fourth-order valence-electron chi connectivity index (χ4n) is 8.23. The molecule has 0 unspecified atom stereocenters. The van der Waals surface area contributed by atoms with Crippen molar-refractivity contribution < 1.29 is 51.0 Å². The fourth-order valence-corrected chi connectivity index (χ4v) is 9.46. The van der Waals surface area contributed by atoms with Crippen molar-refractivity contribution in [3.8, 4) is 0 Å². The van der Waals surface area contributed by atoms with Crippen molar-refractivity contribution in [2.45, 2.75) is 106 Å². The standard InChI is InChI=1S/C40H49FN6O10S/c1-2-26-21-40(26)37(50)45-58(53,54)34-16-6-5-14-31(34)42-17-9-19-55-18-8-15-32(43-38(51)56-27-11-3-4-12-27)36(49)47-23-28(20-33(47)35(48)44-40)57-39(52)46-22-25-10-7-13-30(41)29(25)24-46/h2,5-7,10,13-14,16,26-28,32-33,42H,1,3-4,8-9,11-12,15,17-24H2,(H,43,51)(H,44,48)(H,45,50)/t26-,28-,32+,33+,40-/m1/s1. The van der Waals surface area contributed by atoms with Gasteiger partial charge in [-0.3, -0.25) is 19.3 Å². The van der Waals surface area contributed by atoms with Crippen LogP contribution in [-0.2, 0) is 51.7 Å². The van der Waals surface area contributed by atoms with Crippen molar-refractivity contribution in [3.63, 3.8) is 0 Å². The number of hydrogen-bond donors (Lipinski definition) is 4. The molecule has 2 aromatic carbocycles. The number of hydrogen-bond acceptors (Lipinski definition) is 11. The van der Waals surface area contributed by atoms with Crippen LogP contribution in [0.25, 0.3) is 0 Å². The lowest BCUT2D eigenvalue weighted by Crippen LogP contribution is -2.58. The molecule has 2 aromatic rings. The van der Waals surface area contributed by atoms with E-state index in [1.807, 2.05) is 0 Å². The number of nitrogens with zero attached hydrogens (tertiary/aromatic N) is 2. The Morgan fingerprint density at radius 2 is 1.74 bits per heavy atom. The number of anilines is 1. The number of benzene rings is 2. The molecule has 312 valence electrons. The number of carbonyl (C=O) groups is 5. The number of para-hydroxylation sites is 1. The van der Waals surface area contributed by atoms with Crippen LogP contribution in [0.2, 0.25) is 0 Å². The summed E-state index contributed by atoms with van der Waals surface area (Å²) in [6.07, 6.45) is 2.65. The molecule has 3 fully saturated rings. The molecule has 0 bridgehead atoms. The highest BCUT2D eigenvalue weighted by Crippen LogP contribution is 2.45. The van der Waals surface area contributed by atoms with E-state index in [0.717, 1.165) is 12.8 Å². The summed E-state index contributed by atoms with van der Waals surface area (Å²) < 4.78 is 61.3. The topological polar surface area (TPSA) is 202 Å². The van der Waals surface area contributed by atoms with E-state index in [1.54, 1.807) is 24.3 Å². The Bertz CT molecular complexity index is 2050. The van der Waals surface area contributed by atoms with Crippen molar-refractivity contribution in [3.05, 3.63) is 72.1 Å². The zero-order valence-electron chi connectivity index (χ0n) is 32.1. The van der Waals surface area contributed by atoms with Crippen LogP contribution in [0.4, 0.5) is 19.7 Å². The summed E-state index contributed by atoms with van der Waals surface area (Å²) in [5, 5.41) is 8.51. The lowest BCUT2D eigenvalue weighted by atomic mass is 10.1. The molecule has 2 saturated carbocycles. The van der Waals surface area contributed by atoms with E-state index in [1.165, 1.54) is 34.1 Å². The number of amides is 5. The number of halogens is 1. The molecular formula is C40H49FN6O10S. The monoisotopic (exact) mass is 824 g/mol. The summed E-state index contributed by atoms with van der Waals surface area (Å²) in [4.78, 5) is 71.8. The van der Waals surface area contributed by atoms with Gasteiger partial charge >= 0.3 is 12.2 Å². The highest BCUT2D eigenvalue weighted by molar-refractivity contribution is 7.90. The molecule has 5 atom stereocenters. The third kappa shape index (κ3) is 8.92. The normalized spacial score (nSPS) is 27.9. The van der Waals surface area contributed by atoms with E-state index < -0.39 is 75.4 Å². The summed E-state index contributed by atoms with van der Waals surface area (Å²) >= 11 is 0. The highest BCUT2D eigenvalue weighted by atomic mass is 32.2. The molecule has 5 aliphatic rings. The molecule has 7 rings (SSSR count). The third-order valence-electron chi connectivity index (χ3n) is 11.5. The molecule has 1 spiro atoms. The predicted octanol–water partition coefficient (Wildman–Crippen LogP) is 3.46. The average Bonchev–Trinajstić information content (AvgIpc) is 3.59. The second kappa shape index (κ2) is 17.3. The number of sulfonamides is 1. The van der Waals surface area contributed by atoms with Gasteiger partial charge in [0.05, 0.1) is 18.8 Å².